The molecule has 6 heteroatoms. The maximum Gasteiger partial charge on any atom is 0.194 e. The van der Waals surface area contributed by atoms with Gasteiger partial charge in [-0.15, -0.1) is 0 Å². The van der Waals surface area contributed by atoms with Crippen molar-refractivity contribution in [3.05, 3.63) is 65.7 Å². The van der Waals surface area contributed by atoms with E-state index in [9.17, 15) is 0 Å². The average Bonchev–Trinajstić information content (AvgIpc) is 2.76. The van der Waals surface area contributed by atoms with E-state index in [0.717, 1.165) is 56.5 Å². The first-order valence-electron chi connectivity index (χ1n) is 10.7. The lowest BCUT2D eigenvalue weighted by atomic mass is 10.2. The van der Waals surface area contributed by atoms with Crippen LogP contribution in [0.4, 0.5) is 0 Å². The quantitative estimate of drug-likeness (QED) is 0.536. The molecule has 30 heavy (non-hydrogen) atoms. The number of rotatable bonds is 8. The number of hydrogen-bond acceptors (Lipinski definition) is 4. The number of hydrogen-bond donors (Lipinski definition) is 1. The first-order valence-corrected chi connectivity index (χ1v) is 10.7. The Balaban J connectivity index is 1.49. The molecule has 2 aromatic rings. The zero-order valence-electron chi connectivity index (χ0n) is 18.6. The van der Waals surface area contributed by atoms with Crippen molar-refractivity contribution < 1.29 is 4.74 Å². The van der Waals surface area contributed by atoms with E-state index in [1.165, 1.54) is 5.56 Å². The Morgan fingerprint density at radius 2 is 1.70 bits per heavy atom. The average molecular weight is 410 g/mol. The molecule has 1 aliphatic heterocycles. The van der Waals surface area contributed by atoms with Crippen LogP contribution in [0, 0.1) is 0 Å². The molecule has 0 unspecified atom stereocenters. The Hall–Kier alpha value is -2.57. The van der Waals surface area contributed by atoms with Gasteiger partial charge in [0, 0.05) is 58.4 Å². The molecule has 2 aromatic carbocycles. The largest absolute Gasteiger partial charge is 0.492 e. The molecule has 0 spiro atoms. The number of nitrogens with one attached hydrogen (secondary N) is 1. The molecular formula is C24H35N5O. The Kier molecular flexibility index (Phi) is 8.53. The number of nitrogens with zero attached hydrogens (tertiary/aromatic N) is 4. The number of likely N-dealkylation sites (N-methyl/N-ethyl adjacent to an activating group) is 1. The minimum absolute atomic E-state index is 0.683. The topological polar surface area (TPSA) is 43.3 Å². The summed E-state index contributed by atoms with van der Waals surface area (Å²) in [6, 6.07) is 18.9. The van der Waals surface area contributed by atoms with Gasteiger partial charge in [0.25, 0.3) is 0 Å². The van der Waals surface area contributed by atoms with Crippen LogP contribution in [0.1, 0.15) is 11.1 Å². The lowest BCUT2D eigenvalue weighted by Crippen LogP contribution is -2.52. The van der Waals surface area contributed by atoms with E-state index in [2.05, 4.69) is 81.6 Å². The number of para-hydroxylation sites is 1. The third kappa shape index (κ3) is 6.75. The van der Waals surface area contributed by atoms with E-state index < -0.39 is 0 Å². The van der Waals surface area contributed by atoms with Crippen molar-refractivity contribution in [1.82, 2.24) is 20.0 Å². The summed E-state index contributed by atoms with van der Waals surface area (Å²) in [5.74, 6) is 1.90. The molecule has 0 bridgehead atoms. The molecular weight excluding hydrogens is 374 g/mol. The van der Waals surface area contributed by atoms with Crippen LogP contribution in [0.25, 0.3) is 0 Å². The Bertz CT molecular complexity index is 785. The van der Waals surface area contributed by atoms with E-state index in [4.69, 9.17) is 4.74 Å². The maximum absolute atomic E-state index is 5.99. The van der Waals surface area contributed by atoms with E-state index in [-0.39, 0.29) is 0 Å². The van der Waals surface area contributed by atoms with Crippen molar-refractivity contribution >= 4 is 5.96 Å². The van der Waals surface area contributed by atoms with Crippen LogP contribution in [0.3, 0.4) is 0 Å². The molecule has 162 valence electrons. The Morgan fingerprint density at radius 1 is 1.00 bits per heavy atom. The fourth-order valence-electron chi connectivity index (χ4n) is 3.59. The van der Waals surface area contributed by atoms with E-state index in [1.54, 1.807) is 0 Å². The van der Waals surface area contributed by atoms with Crippen LogP contribution in [0.5, 0.6) is 5.75 Å². The van der Waals surface area contributed by atoms with Gasteiger partial charge in [-0.2, -0.15) is 0 Å². The molecule has 0 radical (unpaired) electrons. The molecule has 1 fully saturated rings. The Labute approximate surface area is 181 Å². The fraction of sp³-hybridized carbons (Fsp3) is 0.458. The molecule has 1 N–H and O–H groups in total. The summed E-state index contributed by atoms with van der Waals surface area (Å²) in [7, 11) is 5.97. The summed E-state index contributed by atoms with van der Waals surface area (Å²) in [6.07, 6.45) is 0. The number of guanidine groups is 1. The molecule has 6 nitrogen and oxygen atoms in total. The van der Waals surface area contributed by atoms with Crippen LogP contribution < -0.4 is 10.1 Å². The van der Waals surface area contributed by atoms with Gasteiger partial charge >= 0.3 is 0 Å². The predicted octanol–water partition coefficient (Wildman–Crippen LogP) is 2.52. The monoisotopic (exact) mass is 409 g/mol. The highest BCUT2D eigenvalue weighted by molar-refractivity contribution is 5.80. The van der Waals surface area contributed by atoms with Gasteiger partial charge in [-0.05, 0) is 25.7 Å². The van der Waals surface area contributed by atoms with Gasteiger partial charge in [0.05, 0.1) is 0 Å². The zero-order valence-corrected chi connectivity index (χ0v) is 18.6. The van der Waals surface area contributed by atoms with E-state index >= 15 is 0 Å². The van der Waals surface area contributed by atoms with Crippen LogP contribution >= 0.6 is 0 Å². The highest BCUT2D eigenvalue weighted by Gasteiger charge is 2.19. The van der Waals surface area contributed by atoms with Crippen molar-refractivity contribution in [2.75, 3.05) is 60.5 Å². The summed E-state index contributed by atoms with van der Waals surface area (Å²) >= 11 is 0. The van der Waals surface area contributed by atoms with Crippen LogP contribution in [-0.2, 0) is 13.1 Å². The van der Waals surface area contributed by atoms with E-state index in [0.29, 0.717) is 13.2 Å². The van der Waals surface area contributed by atoms with Crippen molar-refractivity contribution in [3.63, 3.8) is 0 Å². The molecule has 1 saturated heterocycles. The molecule has 0 aliphatic carbocycles. The Morgan fingerprint density at radius 3 is 2.40 bits per heavy atom. The van der Waals surface area contributed by atoms with Crippen molar-refractivity contribution in [2.24, 2.45) is 4.99 Å². The number of benzene rings is 2. The number of piperazine rings is 1. The fourth-order valence-corrected chi connectivity index (χ4v) is 3.59. The van der Waals surface area contributed by atoms with Gasteiger partial charge in [0.15, 0.2) is 5.96 Å². The molecule has 0 aromatic heterocycles. The van der Waals surface area contributed by atoms with Crippen LogP contribution in [0.15, 0.2) is 59.6 Å². The smallest absolute Gasteiger partial charge is 0.194 e. The van der Waals surface area contributed by atoms with Crippen LogP contribution in [-0.4, -0.2) is 81.1 Å². The minimum atomic E-state index is 0.683. The molecule has 1 aliphatic rings. The first-order chi connectivity index (χ1) is 14.7. The van der Waals surface area contributed by atoms with Gasteiger partial charge < -0.3 is 19.9 Å². The zero-order chi connectivity index (χ0) is 21.2. The predicted molar refractivity (Wildman–Crippen MR) is 124 cm³/mol. The summed E-state index contributed by atoms with van der Waals surface area (Å²) in [5.41, 5.74) is 2.53. The van der Waals surface area contributed by atoms with Crippen molar-refractivity contribution in [2.45, 2.75) is 13.1 Å². The lowest BCUT2D eigenvalue weighted by Gasteiger charge is -2.36. The van der Waals surface area contributed by atoms with E-state index in [1.807, 2.05) is 19.2 Å². The maximum atomic E-state index is 5.99. The summed E-state index contributed by atoms with van der Waals surface area (Å²) in [5, 5.41) is 3.53. The first kappa shape index (κ1) is 22.1. The molecule has 0 atom stereocenters. The third-order valence-electron chi connectivity index (χ3n) is 5.34. The molecule has 1 heterocycles. The van der Waals surface area contributed by atoms with Gasteiger partial charge in [0.2, 0.25) is 0 Å². The van der Waals surface area contributed by atoms with Crippen molar-refractivity contribution in [1.29, 1.82) is 0 Å². The SMILES string of the molecule is CN=C(NCc1ccccc1OCCN(C)C)N1CCN(Cc2ccccc2)CC1. The van der Waals surface area contributed by atoms with Gasteiger partial charge in [0.1, 0.15) is 12.4 Å². The molecule has 0 amide bonds. The molecule has 3 rings (SSSR count). The third-order valence-corrected chi connectivity index (χ3v) is 5.34. The lowest BCUT2D eigenvalue weighted by molar-refractivity contribution is 0.172. The van der Waals surface area contributed by atoms with Crippen LogP contribution in [0.2, 0.25) is 0 Å². The van der Waals surface area contributed by atoms with Gasteiger partial charge in [-0.3, -0.25) is 9.89 Å². The highest BCUT2D eigenvalue weighted by atomic mass is 16.5. The minimum Gasteiger partial charge on any atom is -0.492 e. The van der Waals surface area contributed by atoms with Gasteiger partial charge in [-0.25, -0.2) is 0 Å². The van der Waals surface area contributed by atoms with Crippen molar-refractivity contribution in [3.8, 4) is 5.75 Å². The number of aliphatic imine (C=N–C) groups is 1. The normalized spacial score (nSPS) is 15.5. The number of ether oxygens (including phenoxy) is 1. The second-order valence-corrected chi connectivity index (χ2v) is 7.91. The van der Waals surface area contributed by atoms with Gasteiger partial charge in [-0.1, -0.05) is 48.5 Å². The standard InChI is InChI=1S/C24H35N5O/c1-25-24(26-19-22-11-7-8-12-23(22)30-18-17-27(2)3)29-15-13-28(14-16-29)20-21-9-5-4-6-10-21/h4-12H,13-20H2,1-3H3,(H,25,26). The second-order valence-electron chi connectivity index (χ2n) is 7.91. The summed E-state index contributed by atoms with van der Waals surface area (Å²) in [6.45, 7) is 7.34. The molecule has 0 saturated carbocycles. The highest BCUT2D eigenvalue weighted by Crippen LogP contribution is 2.18. The summed E-state index contributed by atoms with van der Waals surface area (Å²) < 4.78 is 5.99. The summed E-state index contributed by atoms with van der Waals surface area (Å²) in [4.78, 5) is 11.5. The second kappa shape index (κ2) is 11.6.